The molecule has 0 saturated heterocycles. The van der Waals surface area contributed by atoms with Gasteiger partial charge in [-0.2, -0.15) is 0 Å². The Morgan fingerprint density at radius 2 is 1.83 bits per heavy atom. The first-order valence-electron chi connectivity index (χ1n) is 7.86. The Hall–Kier alpha value is -2.48. The highest BCUT2D eigenvalue weighted by atomic mass is 16.5. The molecule has 2 nitrogen and oxygen atoms in total. The fourth-order valence-corrected chi connectivity index (χ4v) is 2.85. The van der Waals surface area contributed by atoms with Crippen molar-refractivity contribution in [3.8, 4) is 5.75 Å². The van der Waals surface area contributed by atoms with E-state index in [0.29, 0.717) is 0 Å². The van der Waals surface area contributed by atoms with E-state index in [9.17, 15) is 0 Å². The molecule has 1 aromatic heterocycles. The molecule has 0 atom stereocenters. The van der Waals surface area contributed by atoms with E-state index in [0.717, 1.165) is 27.4 Å². The van der Waals surface area contributed by atoms with Crippen molar-refractivity contribution in [2.75, 3.05) is 7.11 Å². The highest BCUT2D eigenvalue weighted by Gasteiger charge is 2.15. The molecule has 0 aliphatic heterocycles. The van der Waals surface area contributed by atoms with Crippen molar-refractivity contribution in [2.24, 2.45) is 0 Å². The average Bonchev–Trinajstić information content (AvgIpc) is 2.82. The summed E-state index contributed by atoms with van der Waals surface area (Å²) in [6, 6.07) is 14.7. The number of para-hydroxylation sites is 1. The van der Waals surface area contributed by atoms with Crippen LogP contribution in [0.2, 0.25) is 0 Å². The Morgan fingerprint density at radius 1 is 1.09 bits per heavy atom. The fraction of sp³-hybridized carbons (Fsp3) is 0.238. The van der Waals surface area contributed by atoms with E-state index in [2.05, 4.69) is 68.7 Å². The molecule has 0 fully saturated rings. The molecule has 0 unspecified atom stereocenters. The first kappa shape index (κ1) is 15.4. The summed E-state index contributed by atoms with van der Waals surface area (Å²) < 4.78 is 5.55. The number of nitrogens with one attached hydrogen (secondary N) is 1. The molecule has 3 aromatic rings. The molecule has 118 valence electrons. The normalized spacial score (nSPS) is 12.8. The quantitative estimate of drug-likeness (QED) is 0.767. The van der Waals surface area contributed by atoms with Crippen LogP contribution in [0, 0.1) is 0 Å². The lowest BCUT2D eigenvalue weighted by molar-refractivity contribution is 0.413. The molecular formula is C21H23NO. The third-order valence-electron chi connectivity index (χ3n) is 4.22. The van der Waals surface area contributed by atoms with Crippen LogP contribution in [0.4, 0.5) is 0 Å². The van der Waals surface area contributed by atoms with E-state index in [1.807, 2.05) is 12.1 Å². The van der Waals surface area contributed by atoms with Gasteiger partial charge in [0.1, 0.15) is 5.75 Å². The van der Waals surface area contributed by atoms with Crippen molar-refractivity contribution >= 4 is 23.6 Å². The van der Waals surface area contributed by atoms with Gasteiger partial charge in [-0.15, -0.1) is 0 Å². The third-order valence-corrected chi connectivity index (χ3v) is 4.22. The molecule has 23 heavy (non-hydrogen) atoms. The van der Waals surface area contributed by atoms with Crippen molar-refractivity contribution in [3.05, 3.63) is 64.2 Å². The van der Waals surface area contributed by atoms with Crippen molar-refractivity contribution in [2.45, 2.75) is 26.2 Å². The van der Waals surface area contributed by atoms with Gasteiger partial charge in [-0.05, 0) is 35.3 Å². The number of ether oxygens (including phenoxy) is 1. The van der Waals surface area contributed by atoms with E-state index in [1.54, 1.807) is 7.11 Å². The number of aromatic amines is 1. The van der Waals surface area contributed by atoms with Gasteiger partial charge in [0, 0.05) is 27.0 Å². The van der Waals surface area contributed by atoms with Crippen LogP contribution in [-0.4, -0.2) is 12.1 Å². The van der Waals surface area contributed by atoms with Gasteiger partial charge in [0.2, 0.25) is 0 Å². The Morgan fingerprint density at radius 3 is 2.52 bits per heavy atom. The van der Waals surface area contributed by atoms with Gasteiger partial charge < -0.3 is 9.72 Å². The van der Waals surface area contributed by atoms with Crippen molar-refractivity contribution in [1.82, 2.24) is 4.98 Å². The molecule has 0 saturated carbocycles. The lowest BCUT2D eigenvalue weighted by Crippen LogP contribution is -2.21. The monoisotopic (exact) mass is 305 g/mol. The summed E-state index contributed by atoms with van der Waals surface area (Å²) in [6.07, 6.45) is 2.16. The van der Waals surface area contributed by atoms with Gasteiger partial charge in [0.25, 0.3) is 0 Å². The van der Waals surface area contributed by atoms with Crippen molar-refractivity contribution in [3.63, 3.8) is 0 Å². The molecule has 0 bridgehead atoms. The predicted molar refractivity (Wildman–Crippen MR) is 98.3 cm³/mol. The highest BCUT2D eigenvalue weighted by molar-refractivity contribution is 5.82. The third kappa shape index (κ3) is 2.89. The van der Waals surface area contributed by atoms with Crippen LogP contribution in [-0.2, 0) is 5.41 Å². The largest absolute Gasteiger partial charge is 0.496 e. The van der Waals surface area contributed by atoms with Gasteiger partial charge in [0.15, 0.2) is 0 Å². The molecule has 0 spiro atoms. The summed E-state index contributed by atoms with van der Waals surface area (Å²) in [5.74, 6) is 0.877. The Bertz CT molecular complexity index is 958. The van der Waals surface area contributed by atoms with E-state index in [4.69, 9.17) is 4.74 Å². The Labute approximate surface area is 137 Å². The van der Waals surface area contributed by atoms with Crippen LogP contribution in [0.5, 0.6) is 5.75 Å². The molecule has 0 radical (unpaired) electrons. The molecule has 3 rings (SSSR count). The summed E-state index contributed by atoms with van der Waals surface area (Å²) in [5.41, 5.74) is 3.57. The van der Waals surface area contributed by atoms with Crippen LogP contribution < -0.4 is 15.3 Å². The second-order valence-electron chi connectivity index (χ2n) is 6.91. The van der Waals surface area contributed by atoms with Gasteiger partial charge in [-0.25, -0.2) is 0 Å². The molecule has 1 heterocycles. The maximum absolute atomic E-state index is 5.55. The fourth-order valence-electron chi connectivity index (χ4n) is 2.85. The lowest BCUT2D eigenvalue weighted by atomic mass is 9.86. The zero-order valence-electron chi connectivity index (χ0n) is 14.2. The minimum Gasteiger partial charge on any atom is -0.496 e. The molecule has 0 aliphatic carbocycles. The number of fused-ring (bicyclic) bond motifs is 1. The zero-order chi connectivity index (χ0) is 16.6. The Kier molecular flexibility index (Phi) is 3.77. The highest BCUT2D eigenvalue weighted by Crippen LogP contribution is 2.28. The second-order valence-corrected chi connectivity index (χ2v) is 6.91. The average molecular weight is 305 g/mol. The number of aromatic nitrogens is 1. The van der Waals surface area contributed by atoms with Crippen molar-refractivity contribution < 1.29 is 4.74 Å². The maximum atomic E-state index is 5.55. The molecule has 0 amide bonds. The molecule has 0 aliphatic rings. The number of H-pyrrole nitrogens is 1. The van der Waals surface area contributed by atoms with E-state index in [1.165, 1.54) is 10.9 Å². The molecule has 2 heteroatoms. The first-order chi connectivity index (χ1) is 10.9. The predicted octanol–water partition coefficient (Wildman–Crippen LogP) is 3.71. The molecule has 2 aromatic carbocycles. The van der Waals surface area contributed by atoms with Gasteiger partial charge in [-0.1, -0.05) is 51.6 Å². The van der Waals surface area contributed by atoms with E-state index >= 15 is 0 Å². The van der Waals surface area contributed by atoms with Crippen LogP contribution in [0.3, 0.4) is 0 Å². The number of hydrogen-bond acceptors (Lipinski definition) is 1. The number of methoxy groups -OCH3 is 1. The van der Waals surface area contributed by atoms with Gasteiger partial charge in [0.05, 0.1) is 7.11 Å². The van der Waals surface area contributed by atoms with E-state index < -0.39 is 0 Å². The van der Waals surface area contributed by atoms with Gasteiger partial charge in [-0.3, -0.25) is 0 Å². The van der Waals surface area contributed by atoms with Crippen LogP contribution in [0.15, 0.2) is 42.5 Å². The summed E-state index contributed by atoms with van der Waals surface area (Å²) in [6.45, 7) is 10.8. The lowest BCUT2D eigenvalue weighted by Gasteiger charge is -2.20. The van der Waals surface area contributed by atoms with Crippen LogP contribution >= 0.6 is 0 Å². The van der Waals surface area contributed by atoms with Crippen LogP contribution in [0.1, 0.15) is 31.9 Å². The topological polar surface area (TPSA) is 25.0 Å². The maximum Gasteiger partial charge on any atom is 0.126 e. The van der Waals surface area contributed by atoms with E-state index in [-0.39, 0.29) is 5.41 Å². The number of rotatable bonds is 2. The number of benzene rings is 2. The molecular weight excluding hydrogens is 282 g/mol. The number of hydrogen-bond donors (Lipinski definition) is 1. The smallest absolute Gasteiger partial charge is 0.126 e. The summed E-state index contributed by atoms with van der Waals surface area (Å²) in [5, 5.41) is 3.22. The minimum atomic E-state index is 0.0996. The summed E-state index contributed by atoms with van der Waals surface area (Å²) >= 11 is 0. The standard InChI is InChI=1S/C21H23NO/c1-14-18(17-8-6-7-9-19(17)22-14)13-15-12-16(21(2,3)4)10-11-20(15)23-5/h6-13,22H,1H2,2-5H3/b18-13-. The zero-order valence-corrected chi connectivity index (χ0v) is 14.2. The minimum absolute atomic E-state index is 0.0996. The Balaban J connectivity index is 2.29. The first-order valence-corrected chi connectivity index (χ1v) is 7.86. The molecule has 1 N–H and O–H groups in total. The van der Waals surface area contributed by atoms with Crippen LogP contribution in [0.25, 0.3) is 23.6 Å². The summed E-state index contributed by atoms with van der Waals surface area (Å²) in [4.78, 5) is 3.35. The summed E-state index contributed by atoms with van der Waals surface area (Å²) in [7, 11) is 1.71. The SMILES string of the molecule is C=c1[nH]c2ccccc2/c1=C\c1cc(C(C)(C)C)ccc1OC. The van der Waals surface area contributed by atoms with Crippen molar-refractivity contribution in [1.29, 1.82) is 0 Å². The second kappa shape index (κ2) is 5.62. The van der Waals surface area contributed by atoms with Gasteiger partial charge >= 0.3 is 0 Å².